The molecule has 0 fully saturated rings. The van der Waals surface area contributed by atoms with Crippen molar-refractivity contribution in [2.24, 2.45) is 5.41 Å². The number of benzene rings is 1. The van der Waals surface area contributed by atoms with Gasteiger partial charge in [-0.15, -0.1) is 0 Å². The molecule has 0 bridgehead atoms. The van der Waals surface area contributed by atoms with Gasteiger partial charge in [-0.3, -0.25) is 9.59 Å². The standard InChI is InChI=1S/C18H21NO4S/c1-18(2,3)17(21)14-9-10-19(16(20)11-14)12-13-5-7-15(8-6-13)24(4,22)23/h5-11H,12H2,1-4H3. The molecule has 2 aromatic rings. The molecule has 0 aliphatic rings. The number of carbonyl (C=O) groups is 1. The molecule has 0 aliphatic carbocycles. The van der Waals surface area contributed by atoms with E-state index in [0.29, 0.717) is 12.1 Å². The summed E-state index contributed by atoms with van der Waals surface area (Å²) in [7, 11) is -3.24. The van der Waals surface area contributed by atoms with Gasteiger partial charge in [-0.2, -0.15) is 0 Å². The van der Waals surface area contributed by atoms with E-state index in [1.54, 1.807) is 24.4 Å². The minimum atomic E-state index is -3.24. The van der Waals surface area contributed by atoms with Gasteiger partial charge in [-0.1, -0.05) is 32.9 Å². The monoisotopic (exact) mass is 347 g/mol. The normalized spacial score (nSPS) is 12.2. The summed E-state index contributed by atoms with van der Waals surface area (Å²) in [4.78, 5) is 24.7. The third-order valence-corrected chi connectivity index (χ3v) is 4.77. The van der Waals surface area contributed by atoms with E-state index in [1.807, 2.05) is 20.8 Å². The van der Waals surface area contributed by atoms with Crippen LogP contribution in [0.3, 0.4) is 0 Å². The Morgan fingerprint density at radius 1 is 1.08 bits per heavy atom. The summed E-state index contributed by atoms with van der Waals surface area (Å²) in [6, 6.07) is 9.38. The summed E-state index contributed by atoms with van der Waals surface area (Å²) in [5.74, 6) is -0.0794. The first-order valence-electron chi connectivity index (χ1n) is 7.53. The summed E-state index contributed by atoms with van der Waals surface area (Å²) in [6.45, 7) is 5.74. The second-order valence-electron chi connectivity index (χ2n) is 6.88. The highest BCUT2D eigenvalue weighted by molar-refractivity contribution is 7.90. The Bertz CT molecular complexity index is 917. The Balaban J connectivity index is 2.25. The summed E-state index contributed by atoms with van der Waals surface area (Å²) in [6.07, 6.45) is 2.74. The Morgan fingerprint density at radius 2 is 1.67 bits per heavy atom. The maximum absolute atomic E-state index is 12.2. The lowest BCUT2D eigenvalue weighted by Crippen LogP contribution is -2.25. The van der Waals surface area contributed by atoms with E-state index >= 15 is 0 Å². The number of hydrogen-bond donors (Lipinski definition) is 0. The lowest BCUT2D eigenvalue weighted by atomic mass is 9.87. The molecule has 1 aromatic heterocycles. The highest BCUT2D eigenvalue weighted by Crippen LogP contribution is 2.19. The van der Waals surface area contributed by atoms with Crippen molar-refractivity contribution in [1.82, 2.24) is 4.57 Å². The van der Waals surface area contributed by atoms with Gasteiger partial charge in [-0.05, 0) is 23.8 Å². The van der Waals surface area contributed by atoms with E-state index < -0.39 is 15.3 Å². The highest BCUT2D eigenvalue weighted by atomic mass is 32.2. The van der Waals surface area contributed by atoms with Crippen LogP contribution in [0.4, 0.5) is 0 Å². The van der Waals surface area contributed by atoms with Crippen molar-refractivity contribution in [1.29, 1.82) is 0 Å². The molecule has 6 heteroatoms. The predicted molar refractivity (Wildman–Crippen MR) is 93.1 cm³/mol. The number of carbonyl (C=O) groups excluding carboxylic acids is 1. The van der Waals surface area contributed by atoms with Crippen LogP contribution in [0.2, 0.25) is 0 Å². The fourth-order valence-electron chi connectivity index (χ4n) is 2.25. The summed E-state index contributed by atoms with van der Waals surface area (Å²) >= 11 is 0. The van der Waals surface area contributed by atoms with Crippen LogP contribution in [0.15, 0.2) is 52.3 Å². The number of Topliss-reactive ketones (excluding diaryl/α,β-unsaturated/α-hetero) is 1. The van der Waals surface area contributed by atoms with Crippen molar-refractivity contribution in [3.05, 3.63) is 64.1 Å². The van der Waals surface area contributed by atoms with E-state index in [4.69, 9.17) is 0 Å². The number of aromatic nitrogens is 1. The maximum Gasteiger partial charge on any atom is 0.251 e. The Labute approximate surface area is 141 Å². The van der Waals surface area contributed by atoms with Crippen molar-refractivity contribution < 1.29 is 13.2 Å². The van der Waals surface area contributed by atoms with Gasteiger partial charge in [0.05, 0.1) is 11.4 Å². The van der Waals surface area contributed by atoms with Gasteiger partial charge in [0.1, 0.15) is 0 Å². The Kier molecular flexibility index (Phi) is 4.80. The van der Waals surface area contributed by atoms with Crippen LogP contribution in [-0.4, -0.2) is 25.0 Å². The molecule has 1 heterocycles. The third kappa shape index (κ3) is 4.20. The molecule has 1 aromatic carbocycles. The van der Waals surface area contributed by atoms with Crippen molar-refractivity contribution in [2.75, 3.05) is 6.26 Å². The molecular weight excluding hydrogens is 326 g/mol. The Hall–Kier alpha value is -2.21. The molecule has 0 aliphatic heterocycles. The molecule has 0 atom stereocenters. The van der Waals surface area contributed by atoms with E-state index in [2.05, 4.69) is 0 Å². The number of nitrogens with zero attached hydrogens (tertiary/aromatic N) is 1. The molecule has 0 spiro atoms. The lowest BCUT2D eigenvalue weighted by Gasteiger charge is -2.16. The van der Waals surface area contributed by atoms with E-state index in [0.717, 1.165) is 11.8 Å². The van der Waals surface area contributed by atoms with E-state index in [-0.39, 0.29) is 16.2 Å². The highest BCUT2D eigenvalue weighted by Gasteiger charge is 2.23. The SMILES string of the molecule is CC(C)(C)C(=O)c1ccn(Cc2ccc(S(C)(=O)=O)cc2)c(=O)c1. The second kappa shape index (κ2) is 6.36. The van der Waals surface area contributed by atoms with Crippen LogP contribution in [0.25, 0.3) is 0 Å². The molecule has 0 saturated heterocycles. The molecule has 0 radical (unpaired) electrons. The molecule has 2 rings (SSSR count). The minimum absolute atomic E-state index is 0.0794. The number of ketones is 1. The molecule has 0 N–H and O–H groups in total. The maximum atomic E-state index is 12.2. The smallest absolute Gasteiger partial charge is 0.251 e. The van der Waals surface area contributed by atoms with Gasteiger partial charge in [0.2, 0.25) is 0 Å². The Morgan fingerprint density at radius 3 is 2.12 bits per heavy atom. The number of hydrogen-bond acceptors (Lipinski definition) is 4. The molecule has 24 heavy (non-hydrogen) atoms. The van der Waals surface area contributed by atoms with Crippen molar-refractivity contribution in [2.45, 2.75) is 32.2 Å². The van der Waals surface area contributed by atoms with Gasteiger partial charge < -0.3 is 4.57 Å². The number of sulfone groups is 1. The first-order valence-corrected chi connectivity index (χ1v) is 9.42. The van der Waals surface area contributed by atoms with E-state index in [1.165, 1.54) is 22.8 Å². The molecule has 0 saturated carbocycles. The first-order chi connectivity index (χ1) is 11.0. The van der Waals surface area contributed by atoms with Crippen LogP contribution >= 0.6 is 0 Å². The molecule has 0 amide bonds. The number of rotatable bonds is 4. The zero-order valence-electron chi connectivity index (χ0n) is 14.2. The van der Waals surface area contributed by atoms with Gasteiger partial charge >= 0.3 is 0 Å². The molecule has 5 nitrogen and oxygen atoms in total. The third-order valence-electron chi connectivity index (χ3n) is 3.64. The van der Waals surface area contributed by atoms with Gasteiger partial charge in [0.25, 0.3) is 5.56 Å². The quantitative estimate of drug-likeness (QED) is 0.797. The van der Waals surface area contributed by atoms with Crippen LogP contribution < -0.4 is 5.56 Å². The van der Waals surface area contributed by atoms with Crippen LogP contribution in [0, 0.1) is 5.41 Å². The summed E-state index contributed by atoms with van der Waals surface area (Å²) < 4.78 is 24.4. The zero-order valence-corrected chi connectivity index (χ0v) is 15.1. The fraction of sp³-hybridized carbons (Fsp3) is 0.333. The first kappa shape index (κ1) is 18.1. The fourth-order valence-corrected chi connectivity index (χ4v) is 2.88. The minimum Gasteiger partial charge on any atom is -0.311 e. The summed E-state index contributed by atoms with van der Waals surface area (Å²) in [5, 5.41) is 0. The zero-order chi connectivity index (χ0) is 18.1. The molecular formula is C18H21NO4S. The number of pyridine rings is 1. The average molecular weight is 347 g/mol. The van der Waals surface area contributed by atoms with Gasteiger partial charge in [-0.25, -0.2) is 8.42 Å². The topological polar surface area (TPSA) is 73.2 Å². The predicted octanol–water partition coefficient (Wildman–Crippen LogP) is 2.53. The van der Waals surface area contributed by atoms with Crippen molar-refractivity contribution in [3.63, 3.8) is 0 Å². The largest absolute Gasteiger partial charge is 0.311 e. The van der Waals surface area contributed by atoms with Crippen LogP contribution in [0.1, 0.15) is 36.7 Å². The van der Waals surface area contributed by atoms with Crippen LogP contribution in [-0.2, 0) is 16.4 Å². The van der Waals surface area contributed by atoms with Crippen molar-refractivity contribution >= 4 is 15.6 Å². The lowest BCUT2D eigenvalue weighted by molar-refractivity contribution is 0.0858. The average Bonchev–Trinajstić information content (AvgIpc) is 2.47. The molecule has 128 valence electrons. The molecule has 0 unspecified atom stereocenters. The van der Waals surface area contributed by atoms with Crippen molar-refractivity contribution in [3.8, 4) is 0 Å². The summed E-state index contributed by atoms with van der Waals surface area (Å²) in [5.41, 5.74) is 0.396. The second-order valence-corrected chi connectivity index (χ2v) is 8.89. The van der Waals surface area contributed by atoms with Gasteiger partial charge in [0.15, 0.2) is 15.6 Å². The van der Waals surface area contributed by atoms with Gasteiger partial charge in [0, 0.05) is 29.5 Å². The van der Waals surface area contributed by atoms with E-state index in [9.17, 15) is 18.0 Å². The van der Waals surface area contributed by atoms with Crippen LogP contribution in [0.5, 0.6) is 0 Å².